The second-order valence-electron chi connectivity index (χ2n) is 11.9. The predicted molar refractivity (Wildman–Crippen MR) is 208 cm³/mol. The van der Waals surface area contributed by atoms with Gasteiger partial charge in [0.2, 0.25) is 0 Å². The Balaban J connectivity index is 1.44. The second kappa shape index (κ2) is 11.1. The van der Waals surface area contributed by atoms with Gasteiger partial charge in [-0.3, -0.25) is 0 Å². The van der Waals surface area contributed by atoms with Gasteiger partial charge in [0, 0.05) is 10.8 Å². The van der Waals surface area contributed by atoms with Crippen LogP contribution in [0, 0.1) is 0 Å². The fraction of sp³-hybridized carbons (Fsp3) is 0. The van der Waals surface area contributed by atoms with Crippen LogP contribution in [-0.2, 0) is 0 Å². The van der Waals surface area contributed by atoms with Crippen molar-refractivity contribution in [3.63, 3.8) is 0 Å². The average molecular weight is 636 g/mol. The van der Waals surface area contributed by atoms with Gasteiger partial charge in [-0.1, -0.05) is 157 Å². The Bertz CT molecular complexity index is 3510. The molecule has 9 aromatic carbocycles. The largest absolute Gasteiger partial charge is 0.456 e. The van der Waals surface area contributed by atoms with Crippen molar-refractivity contribution < 1.29 is 22.2 Å². The van der Waals surface area contributed by atoms with Crippen LogP contribution in [0.1, 0.15) is 17.8 Å². The minimum absolute atomic E-state index is 0.0396. The molecule has 0 saturated heterocycles. The van der Waals surface area contributed by atoms with E-state index in [2.05, 4.69) is 12.1 Å². The molecule has 10 aromatic rings. The summed E-state index contributed by atoms with van der Waals surface area (Å²) < 4.78 is 123. The first-order chi connectivity index (χ1) is 29.7. The van der Waals surface area contributed by atoms with Crippen molar-refractivity contribution >= 4 is 54.3 Å². The number of benzene rings is 9. The third-order valence-corrected chi connectivity index (χ3v) is 9.17. The average Bonchev–Trinajstić information content (AvgIpc) is 3.67. The first-order valence-electron chi connectivity index (χ1n) is 22.3. The lowest BCUT2D eigenvalue weighted by Crippen LogP contribution is -1.91. The van der Waals surface area contributed by atoms with Crippen LogP contribution in [0.3, 0.4) is 0 Å². The molecule has 0 saturated carbocycles. The van der Waals surface area contributed by atoms with Crippen LogP contribution < -0.4 is 0 Å². The summed E-state index contributed by atoms with van der Waals surface area (Å²) in [4.78, 5) is 0. The maximum absolute atomic E-state index is 9.46. The van der Waals surface area contributed by atoms with E-state index < -0.39 is 84.1 Å². The minimum atomic E-state index is -0.722. The summed E-state index contributed by atoms with van der Waals surface area (Å²) in [6.45, 7) is 0. The van der Waals surface area contributed by atoms with Crippen LogP contribution >= 0.6 is 0 Å². The lowest BCUT2D eigenvalue weighted by molar-refractivity contribution is 0.669. The summed E-state index contributed by atoms with van der Waals surface area (Å²) in [5.74, 6) is 0. The maximum atomic E-state index is 9.46. The molecule has 0 aliphatic heterocycles. The van der Waals surface area contributed by atoms with E-state index in [-0.39, 0.29) is 32.7 Å². The Morgan fingerprint density at radius 2 is 1.00 bits per heavy atom. The Morgan fingerprint density at radius 1 is 0.367 bits per heavy atom. The lowest BCUT2D eigenvalue weighted by Gasteiger charge is -2.18. The molecule has 0 spiro atoms. The van der Waals surface area contributed by atoms with Crippen molar-refractivity contribution in [2.45, 2.75) is 0 Å². The first-order valence-corrected chi connectivity index (χ1v) is 15.8. The van der Waals surface area contributed by atoms with Gasteiger partial charge in [-0.05, 0) is 101 Å². The number of furan rings is 1. The molecule has 0 N–H and O–H groups in total. The quantitative estimate of drug-likeness (QED) is 0.175. The smallest absolute Gasteiger partial charge is 0.136 e. The van der Waals surface area contributed by atoms with Gasteiger partial charge < -0.3 is 4.42 Å². The highest BCUT2D eigenvalue weighted by Crippen LogP contribution is 2.48. The summed E-state index contributed by atoms with van der Waals surface area (Å²) in [5.41, 5.74) is 4.06. The summed E-state index contributed by atoms with van der Waals surface area (Å²) in [6, 6.07) is 24.7. The Kier molecular flexibility index (Phi) is 3.99. The molecule has 0 radical (unpaired) electrons. The molecule has 0 aliphatic carbocycles. The maximum Gasteiger partial charge on any atom is 0.136 e. The van der Waals surface area contributed by atoms with Gasteiger partial charge in [-0.2, -0.15) is 0 Å². The van der Waals surface area contributed by atoms with Crippen molar-refractivity contribution in [3.05, 3.63) is 182 Å². The molecule has 1 aromatic heterocycles. The fourth-order valence-electron chi connectivity index (χ4n) is 7.05. The van der Waals surface area contributed by atoms with E-state index in [9.17, 15) is 5.48 Å². The van der Waals surface area contributed by atoms with E-state index in [4.69, 9.17) is 16.8 Å². The Labute approximate surface area is 302 Å². The van der Waals surface area contributed by atoms with E-state index in [1.54, 1.807) is 18.2 Å². The predicted octanol–water partition coefficient (Wildman–Crippen LogP) is 13.7. The van der Waals surface area contributed by atoms with Gasteiger partial charge in [0.1, 0.15) is 11.2 Å². The highest BCUT2D eigenvalue weighted by molar-refractivity contribution is 6.26. The molecular weight excluding hydrogens is 593 g/mol. The molecule has 1 heteroatoms. The summed E-state index contributed by atoms with van der Waals surface area (Å²) in [5, 5.41) is 2.36. The molecule has 0 aliphatic rings. The van der Waals surface area contributed by atoms with Gasteiger partial charge in [0.15, 0.2) is 0 Å². The van der Waals surface area contributed by atoms with Crippen molar-refractivity contribution in [1.29, 1.82) is 0 Å². The van der Waals surface area contributed by atoms with Crippen LogP contribution in [0.2, 0.25) is 0 Å². The molecule has 0 fully saturated rings. The Hall–Kier alpha value is -6.44. The topological polar surface area (TPSA) is 13.1 Å². The van der Waals surface area contributed by atoms with Crippen LogP contribution in [0.5, 0.6) is 0 Å². The normalized spacial score (nSPS) is 15.4. The molecule has 0 bridgehead atoms. The summed E-state index contributed by atoms with van der Waals surface area (Å²) >= 11 is 0. The van der Waals surface area contributed by atoms with Crippen molar-refractivity contribution in [2.75, 3.05) is 0 Å². The SMILES string of the molecule is [2H]c1c([2H])c([2H])c(-c2c3c([2H])c([2H])c([2H])c([2H])c3c(-c3cccc4oc5cc(-c6ccccc6)c(-c6ccc7ccccc7c6)cc5c34)c3c([2H])c([2H])c([2H])c([2H])c23)c([2H])c1[2H]. The zero-order valence-electron chi connectivity index (χ0n) is 38.7. The van der Waals surface area contributed by atoms with E-state index in [0.29, 0.717) is 27.5 Å². The molecule has 1 nitrogen and oxygen atoms in total. The molecule has 1 heterocycles. The van der Waals surface area contributed by atoms with Gasteiger partial charge in [-0.25, -0.2) is 0 Å². The second-order valence-corrected chi connectivity index (χ2v) is 11.9. The van der Waals surface area contributed by atoms with Gasteiger partial charge in [0.25, 0.3) is 0 Å². The standard InChI is InChI=1S/C48H30O/c1-3-15-32(16-4-1)42-30-45-43(29-41(42)35-27-26-31-14-7-8-19-34(31)28-35)48-40(24-13-25-44(48)49-45)47-38-22-11-9-20-36(38)46(33-17-5-2-6-18-33)37-21-10-12-23-39(37)47/h1-30H/i2D,5D,6D,9D,10D,11D,12D,17D,18D,20D,21D,22D,23D. The van der Waals surface area contributed by atoms with Crippen molar-refractivity contribution in [3.8, 4) is 44.5 Å². The van der Waals surface area contributed by atoms with Crippen LogP contribution in [-0.4, -0.2) is 0 Å². The monoisotopic (exact) mass is 635 g/mol. The molecule has 49 heavy (non-hydrogen) atoms. The molecule has 0 unspecified atom stereocenters. The van der Waals surface area contributed by atoms with Crippen LogP contribution in [0.25, 0.3) is 98.8 Å². The van der Waals surface area contributed by atoms with Crippen molar-refractivity contribution in [2.24, 2.45) is 0 Å². The van der Waals surface area contributed by atoms with E-state index in [0.717, 1.165) is 33.0 Å². The number of rotatable bonds is 4. The third kappa shape index (κ3) is 4.40. The zero-order valence-corrected chi connectivity index (χ0v) is 25.7. The third-order valence-electron chi connectivity index (χ3n) is 9.17. The number of hydrogen-bond acceptors (Lipinski definition) is 1. The molecule has 10 rings (SSSR count). The molecule has 0 atom stereocenters. The highest BCUT2D eigenvalue weighted by Gasteiger charge is 2.21. The number of hydrogen-bond donors (Lipinski definition) is 0. The highest BCUT2D eigenvalue weighted by atomic mass is 16.3. The van der Waals surface area contributed by atoms with Crippen LogP contribution in [0.15, 0.2) is 186 Å². The van der Waals surface area contributed by atoms with E-state index >= 15 is 0 Å². The lowest BCUT2D eigenvalue weighted by atomic mass is 9.84. The molecule has 0 amide bonds. The number of fused-ring (bicyclic) bond motifs is 6. The first kappa shape index (κ1) is 17.6. The van der Waals surface area contributed by atoms with E-state index in [1.165, 1.54) is 0 Å². The van der Waals surface area contributed by atoms with E-state index in [1.807, 2.05) is 72.8 Å². The summed E-state index contributed by atoms with van der Waals surface area (Å²) in [7, 11) is 0. The fourth-order valence-corrected chi connectivity index (χ4v) is 7.05. The van der Waals surface area contributed by atoms with Crippen molar-refractivity contribution in [1.82, 2.24) is 0 Å². The zero-order chi connectivity index (χ0) is 43.6. The minimum Gasteiger partial charge on any atom is -0.456 e. The van der Waals surface area contributed by atoms with Gasteiger partial charge >= 0.3 is 0 Å². The van der Waals surface area contributed by atoms with Crippen LogP contribution in [0.4, 0.5) is 0 Å². The molecule has 228 valence electrons. The summed E-state index contributed by atoms with van der Waals surface area (Å²) in [6.07, 6.45) is 0. The van der Waals surface area contributed by atoms with Gasteiger partial charge in [-0.15, -0.1) is 0 Å². The molecular formula is C48H30O. The Morgan fingerprint density at radius 3 is 1.73 bits per heavy atom. The van der Waals surface area contributed by atoms with Gasteiger partial charge in [0.05, 0.1) is 17.8 Å².